The average Bonchev–Trinajstić information content (AvgIpc) is 3.91. The van der Waals surface area contributed by atoms with Crippen molar-refractivity contribution >= 4 is 28.6 Å². The average molecular weight is 1090 g/mol. The van der Waals surface area contributed by atoms with Crippen molar-refractivity contribution in [3.63, 3.8) is 0 Å². The molecule has 3 saturated heterocycles. The lowest BCUT2D eigenvalue weighted by Gasteiger charge is -2.51. The Labute approximate surface area is 422 Å². The highest BCUT2D eigenvalue weighted by atomic mass is 127. The van der Waals surface area contributed by atoms with Gasteiger partial charge >= 0.3 is 5.97 Å². The smallest absolute Gasteiger partial charge is 0.309 e. The minimum atomic E-state index is -1.81. The van der Waals surface area contributed by atoms with E-state index in [9.17, 15) is 35.4 Å². The SMILES string of the molecule is CC[C@H]1OC(=O)[C@H](C)C([C@H]2C[C@@](C)(OC)[C@@H](O)[C@H](C)O2)[C@H](C)[C@@H](O[C@@H]2O[C@H](C)C[C@H](N(C)CCc3cn(CCCCn4nnc(CO)c4I)nn3)[C@H]2O)[C@](C)(O)C[C@@H](C)CN(C)[C@H](C)[C@@H](O)[C@]1(C)O. The summed E-state index contributed by atoms with van der Waals surface area (Å²) in [6, 6.07) is -0.948. The third kappa shape index (κ3) is 13.6. The Hall–Kier alpha value is -2.00. The highest BCUT2D eigenvalue weighted by Crippen LogP contribution is 2.45. The normalized spacial score (nSPS) is 40.4. The van der Waals surface area contributed by atoms with Crippen LogP contribution in [0.15, 0.2) is 6.20 Å². The van der Waals surface area contributed by atoms with Crippen LogP contribution in [0, 0.1) is 27.4 Å². The molecule has 1 unspecified atom stereocenters. The molecule has 0 bridgehead atoms. The van der Waals surface area contributed by atoms with Crippen molar-refractivity contribution in [3.8, 4) is 0 Å². The molecule has 0 radical (unpaired) electrons. The molecular weight excluding hydrogens is 1010 g/mol. The Morgan fingerprint density at radius 2 is 1.65 bits per heavy atom. The summed E-state index contributed by atoms with van der Waals surface area (Å²) in [7, 11) is 5.34. The fourth-order valence-corrected chi connectivity index (χ4v) is 12.0. The lowest BCUT2D eigenvalue weighted by Crippen LogP contribution is -2.62. The molecule has 5 rings (SSSR count). The van der Waals surface area contributed by atoms with Crippen molar-refractivity contribution < 1.29 is 59.1 Å². The molecule has 69 heavy (non-hydrogen) atoms. The van der Waals surface area contributed by atoms with Gasteiger partial charge in [-0.3, -0.25) is 9.48 Å². The molecular formula is C48H85IN8O12. The van der Waals surface area contributed by atoms with Gasteiger partial charge in [0, 0.05) is 70.3 Å². The van der Waals surface area contributed by atoms with E-state index in [-0.39, 0.29) is 37.9 Å². The molecule has 5 heterocycles. The first kappa shape index (κ1) is 57.9. The van der Waals surface area contributed by atoms with Crippen LogP contribution in [-0.2, 0) is 54.6 Å². The minimum absolute atomic E-state index is 0.142. The summed E-state index contributed by atoms with van der Waals surface area (Å²) in [5.41, 5.74) is -3.06. The number of ether oxygens (including phenoxy) is 5. The van der Waals surface area contributed by atoms with Crippen LogP contribution >= 0.6 is 22.6 Å². The zero-order valence-corrected chi connectivity index (χ0v) is 45.5. The van der Waals surface area contributed by atoms with E-state index in [1.807, 2.05) is 64.5 Å². The van der Waals surface area contributed by atoms with E-state index in [2.05, 4.69) is 48.1 Å². The van der Waals surface area contributed by atoms with E-state index in [4.69, 9.17) is 23.7 Å². The van der Waals surface area contributed by atoms with Gasteiger partial charge in [0.25, 0.3) is 0 Å². The largest absolute Gasteiger partial charge is 0.459 e. The standard InChI is InChI=1S/C48H85IN8O12/c1-14-37-48(10,64)40(60)31(6)55(12)24-27(2)22-46(8,63)42(29(4)38(30(5)44(62)68-37)36-23-47(9,65-13)41(61)32(7)67-36)69-45-39(59)35(21-28(3)66-45)54(11)20-17-33-25-56(52-50-33)18-15-16-19-57-43(49)34(26-58)51-53-57/h25,27-32,35-42,45,58-61,63-64H,14-24,26H2,1-13H3/t27-,28-,29+,30-,31-,32+,35+,36-,37-,38?,39-,40-,41+,42-,45+,46-,47-,48-/m1/s1. The van der Waals surface area contributed by atoms with E-state index < -0.39 is 102 Å². The van der Waals surface area contributed by atoms with E-state index in [1.165, 1.54) is 14.0 Å². The van der Waals surface area contributed by atoms with Crippen LogP contribution in [0.5, 0.6) is 0 Å². The molecule has 3 fully saturated rings. The molecule has 3 aliphatic rings. The number of carbonyl (C=O) groups is 1. The molecule has 0 spiro atoms. The fourth-order valence-electron chi connectivity index (χ4n) is 11.3. The number of methoxy groups -OCH3 is 1. The second-order valence-corrected chi connectivity index (χ2v) is 22.4. The summed E-state index contributed by atoms with van der Waals surface area (Å²) >= 11 is 2.14. The third-order valence-corrected chi connectivity index (χ3v) is 16.8. The fraction of sp³-hybridized carbons (Fsp3) is 0.896. The maximum atomic E-state index is 14.6. The van der Waals surface area contributed by atoms with Crippen LogP contribution in [0.4, 0.5) is 0 Å². The first-order chi connectivity index (χ1) is 32.3. The van der Waals surface area contributed by atoms with E-state index in [1.54, 1.807) is 32.4 Å². The van der Waals surface area contributed by atoms with Crippen LogP contribution in [0.3, 0.4) is 0 Å². The number of rotatable bonds is 15. The van der Waals surface area contributed by atoms with Gasteiger partial charge in [-0.25, -0.2) is 4.68 Å². The van der Waals surface area contributed by atoms with Gasteiger partial charge in [0.2, 0.25) is 0 Å². The Morgan fingerprint density at radius 3 is 2.29 bits per heavy atom. The Kier molecular flexibility index (Phi) is 20.4. The number of aliphatic hydroxyl groups excluding tert-OH is 4. The number of nitrogens with zero attached hydrogens (tertiary/aromatic N) is 8. The first-order valence-electron chi connectivity index (χ1n) is 25.0. The van der Waals surface area contributed by atoms with E-state index in [0.29, 0.717) is 44.7 Å². The monoisotopic (exact) mass is 1090 g/mol. The van der Waals surface area contributed by atoms with Gasteiger partial charge in [0.15, 0.2) is 6.29 Å². The predicted octanol–water partition coefficient (Wildman–Crippen LogP) is 2.55. The summed E-state index contributed by atoms with van der Waals surface area (Å²) in [6.07, 6.45) is -3.06. The molecule has 18 atom stereocenters. The maximum absolute atomic E-state index is 14.6. The van der Waals surface area contributed by atoms with Gasteiger partial charge in [-0.2, -0.15) is 0 Å². The van der Waals surface area contributed by atoms with Crippen molar-refractivity contribution in [2.75, 3.05) is 34.3 Å². The van der Waals surface area contributed by atoms with Crippen molar-refractivity contribution in [3.05, 3.63) is 21.3 Å². The topological polar surface area (TPSA) is 252 Å². The Balaban J connectivity index is 1.40. The number of unbranched alkanes of at least 4 members (excludes halogenated alkanes) is 1. The zero-order chi connectivity index (χ0) is 51.3. The summed E-state index contributed by atoms with van der Waals surface area (Å²) in [5.74, 6) is -3.11. The number of esters is 1. The van der Waals surface area contributed by atoms with Crippen LogP contribution < -0.4 is 0 Å². The maximum Gasteiger partial charge on any atom is 0.309 e. The quantitative estimate of drug-likeness (QED) is 0.0852. The van der Waals surface area contributed by atoms with Crippen molar-refractivity contribution in [1.29, 1.82) is 0 Å². The lowest BCUT2D eigenvalue weighted by molar-refractivity contribution is -0.302. The highest BCUT2D eigenvalue weighted by Gasteiger charge is 2.55. The second kappa shape index (κ2) is 24.4. The summed E-state index contributed by atoms with van der Waals surface area (Å²) in [5, 5.41) is 86.3. The zero-order valence-electron chi connectivity index (χ0n) is 43.3. The lowest BCUT2D eigenvalue weighted by atomic mass is 9.68. The molecule has 21 heteroatoms. The predicted molar refractivity (Wildman–Crippen MR) is 263 cm³/mol. The molecule has 2 aromatic rings. The number of hydrogen-bond acceptors (Lipinski definition) is 18. The summed E-state index contributed by atoms with van der Waals surface area (Å²) < 4.78 is 36.6. The Morgan fingerprint density at radius 1 is 0.971 bits per heavy atom. The molecule has 3 aliphatic heterocycles. The first-order valence-corrected chi connectivity index (χ1v) is 26.1. The number of cyclic esters (lactones) is 1. The van der Waals surface area contributed by atoms with Gasteiger partial charge in [-0.1, -0.05) is 38.1 Å². The van der Waals surface area contributed by atoms with Gasteiger partial charge in [-0.15, -0.1) is 10.2 Å². The highest BCUT2D eigenvalue weighted by molar-refractivity contribution is 14.1. The number of aryl methyl sites for hydroxylation is 2. The second-order valence-electron chi connectivity index (χ2n) is 21.4. The van der Waals surface area contributed by atoms with Gasteiger partial charge in [-0.05, 0) is 122 Å². The molecule has 0 aliphatic carbocycles. The number of likely N-dealkylation sites (N-methyl/N-ethyl adjacent to an activating group) is 2. The van der Waals surface area contributed by atoms with E-state index in [0.717, 1.165) is 22.2 Å². The number of carbonyl (C=O) groups excluding carboxylic acids is 1. The molecule has 2 aromatic heterocycles. The molecule has 0 saturated carbocycles. The van der Waals surface area contributed by atoms with Gasteiger partial charge < -0.3 is 64.1 Å². The van der Waals surface area contributed by atoms with Crippen LogP contribution in [0.2, 0.25) is 0 Å². The molecule has 396 valence electrons. The molecule has 0 aromatic carbocycles. The number of halogens is 1. The number of hydrogen-bond donors (Lipinski definition) is 6. The summed E-state index contributed by atoms with van der Waals surface area (Å²) in [4.78, 5) is 18.6. The van der Waals surface area contributed by atoms with Gasteiger partial charge in [0.05, 0.1) is 53.8 Å². The van der Waals surface area contributed by atoms with E-state index >= 15 is 0 Å². The van der Waals surface area contributed by atoms with Gasteiger partial charge in [0.1, 0.15) is 39.4 Å². The van der Waals surface area contributed by atoms with Crippen molar-refractivity contribution in [2.45, 2.75) is 218 Å². The van der Waals surface area contributed by atoms with Crippen molar-refractivity contribution in [1.82, 2.24) is 39.8 Å². The minimum Gasteiger partial charge on any atom is -0.459 e. The van der Waals surface area contributed by atoms with Crippen molar-refractivity contribution in [2.24, 2.45) is 23.7 Å². The molecule has 0 amide bonds. The number of aliphatic hydroxyl groups is 6. The number of aromatic nitrogens is 6. The summed E-state index contributed by atoms with van der Waals surface area (Å²) in [6.45, 7) is 20.2. The van der Waals surface area contributed by atoms with Crippen LogP contribution in [0.1, 0.15) is 119 Å². The van der Waals surface area contributed by atoms with Crippen LogP contribution in [-0.4, -0.2) is 195 Å². The molecule has 20 nitrogen and oxygen atoms in total. The third-order valence-electron chi connectivity index (χ3n) is 15.7. The molecule has 6 N–H and O–H groups in total. The Bertz CT molecular complexity index is 1930. The van der Waals surface area contributed by atoms with Crippen LogP contribution in [0.25, 0.3) is 0 Å².